The molecular formula is C38H42O7S. The number of ether oxygens (including phenoxy) is 2. The highest BCUT2D eigenvalue weighted by atomic mass is 32.2. The zero-order chi connectivity index (χ0) is 33.9. The summed E-state index contributed by atoms with van der Waals surface area (Å²) in [5, 5.41) is -1.45. The van der Waals surface area contributed by atoms with Gasteiger partial charge in [0.1, 0.15) is 0 Å². The van der Waals surface area contributed by atoms with Crippen LogP contribution < -0.4 is 0 Å². The summed E-state index contributed by atoms with van der Waals surface area (Å²) < 4.78 is 42.0. The summed E-state index contributed by atoms with van der Waals surface area (Å²) in [5.74, 6) is -2.99. The maximum atomic E-state index is 15.2. The van der Waals surface area contributed by atoms with Crippen LogP contribution in [0.1, 0.15) is 66.5 Å². The molecule has 7 nitrogen and oxygen atoms in total. The number of allylic oxidation sites excluding steroid dienone is 2. The van der Waals surface area contributed by atoms with Crippen molar-refractivity contribution in [1.29, 1.82) is 0 Å². The molecule has 46 heavy (non-hydrogen) atoms. The third kappa shape index (κ3) is 5.20. The Hall–Kier alpha value is -4.04. The van der Waals surface area contributed by atoms with Crippen molar-refractivity contribution in [3.63, 3.8) is 0 Å². The summed E-state index contributed by atoms with van der Waals surface area (Å²) in [6.07, 6.45) is -1.69. The molecule has 2 aliphatic carbocycles. The largest absolute Gasteiger partial charge is 0.424 e. The Labute approximate surface area is 271 Å². The lowest BCUT2D eigenvalue weighted by Crippen LogP contribution is -2.52. The van der Waals surface area contributed by atoms with Crippen molar-refractivity contribution in [2.24, 2.45) is 27.6 Å². The number of hydrogen-bond acceptors (Lipinski definition) is 7. The molecule has 0 amide bonds. The lowest BCUT2D eigenvalue weighted by molar-refractivity contribution is -0.213. The van der Waals surface area contributed by atoms with Crippen LogP contribution in [0.3, 0.4) is 0 Å². The summed E-state index contributed by atoms with van der Waals surface area (Å²) in [7, 11) is -4.32. The molecule has 0 aliphatic heterocycles. The van der Waals surface area contributed by atoms with Gasteiger partial charge in [0.25, 0.3) is 6.29 Å². The fourth-order valence-corrected chi connectivity index (χ4v) is 9.51. The third-order valence-corrected chi connectivity index (χ3v) is 11.7. The van der Waals surface area contributed by atoms with Crippen LogP contribution >= 0.6 is 0 Å². The van der Waals surface area contributed by atoms with Crippen molar-refractivity contribution in [2.45, 2.75) is 71.8 Å². The van der Waals surface area contributed by atoms with Gasteiger partial charge in [-0.05, 0) is 89.8 Å². The lowest BCUT2D eigenvalue weighted by Gasteiger charge is -2.44. The molecule has 2 unspecified atom stereocenters. The van der Waals surface area contributed by atoms with Gasteiger partial charge in [-0.25, -0.2) is 8.42 Å². The number of esters is 2. The van der Waals surface area contributed by atoms with E-state index in [1.54, 1.807) is 73.6 Å². The first kappa shape index (κ1) is 33.3. The highest BCUT2D eigenvalue weighted by Gasteiger charge is 2.77. The maximum Gasteiger partial charge on any atom is 0.314 e. The van der Waals surface area contributed by atoms with Crippen molar-refractivity contribution in [1.82, 2.24) is 0 Å². The van der Waals surface area contributed by atoms with Gasteiger partial charge in [-0.1, -0.05) is 78.9 Å². The van der Waals surface area contributed by atoms with Crippen LogP contribution in [0.4, 0.5) is 0 Å². The number of hydrogen-bond donors (Lipinski definition) is 0. The number of carbonyl (C=O) groups is 3. The van der Waals surface area contributed by atoms with Crippen LogP contribution in [-0.4, -0.2) is 37.7 Å². The molecule has 0 aromatic heterocycles. The first-order valence-corrected chi connectivity index (χ1v) is 17.0. The Morgan fingerprint density at radius 3 is 1.41 bits per heavy atom. The fraction of sp³-hybridized carbons (Fsp3) is 0.395. The van der Waals surface area contributed by atoms with Crippen LogP contribution in [0.25, 0.3) is 11.1 Å². The summed E-state index contributed by atoms with van der Waals surface area (Å²) in [6, 6.07) is 26.6. The van der Waals surface area contributed by atoms with E-state index in [4.69, 9.17) is 9.47 Å². The summed E-state index contributed by atoms with van der Waals surface area (Å²) >= 11 is 0. The highest BCUT2D eigenvalue weighted by Crippen LogP contribution is 2.72. The molecule has 0 spiro atoms. The molecule has 242 valence electrons. The molecule has 2 aliphatic rings. The molecule has 5 rings (SSSR count). The van der Waals surface area contributed by atoms with Crippen LogP contribution in [0.2, 0.25) is 0 Å². The minimum atomic E-state index is -4.32. The van der Waals surface area contributed by atoms with Crippen LogP contribution in [0.15, 0.2) is 95.9 Å². The maximum absolute atomic E-state index is 15.2. The third-order valence-electron chi connectivity index (χ3n) is 9.29. The number of rotatable bonds is 7. The van der Waals surface area contributed by atoms with Gasteiger partial charge in [-0.3, -0.25) is 14.4 Å². The van der Waals surface area contributed by atoms with Gasteiger partial charge >= 0.3 is 11.9 Å². The normalized spacial score (nSPS) is 24.8. The van der Waals surface area contributed by atoms with E-state index in [0.717, 1.165) is 5.56 Å². The highest BCUT2D eigenvalue weighted by molar-refractivity contribution is 7.92. The van der Waals surface area contributed by atoms with Gasteiger partial charge in [0.2, 0.25) is 0 Å². The zero-order valence-electron chi connectivity index (χ0n) is 27.7. The molecule has 2 bridgehead atoms. The van der Waals surface area contributed by atoms with Crippen molar-refractivity contribution < 1.29 is 32.3 Å². The van der Waals surface area contributed by atoms with E-state index >= 15 is 4.79 Å². The Balaban J connectivity index is 1.89. The molecule has 0 heterocycles. The number of benzene rings is 3. The van der Waals surface area contributed by atoms with Crippen LogP contribution in [0, 0.1) is 27.6 Å². The number of ketones is 1. The van der Waals surface area contributed by atoms with E-state index < -0.39 is 60.9 Å². The van der Waals surface area contributed by atoms with Gasteiger partial charge < -0.3 is 9.47 Å². The molecule has 8 heteroatoms. The topological polar surface area (TPSA) is 104 Å². The summed E-state index contributed by atoms with van der Waals surface area (Å²) in [6.45, 7) is 13.3. The predicted molar refractivity (Wildman–Crippen MR) is 177 cm³/mol. The number of carbonyl (C=O) groups excluding carboxylic acids is 3. The van der Waals surface area contributed by atoms with E-state index in [1.807, 2.05) is 60.7 Å². The number of Topliss-reactive ketones (excluding diaryl/α,β-unsaturated/α-hetero) is 1. The number of fused-ring (bicyclic) bond motifs is 2. The van der Waals surface area contributed by atoms with Crippen LogP contribution in [-0.2, 0) is 33.7 Å². The SMILES string of the molecule is CC(C)(C)C(=O)OC(OC(=O)C(C)(C)C)C1C(S(=O)(=O)c2ccccc2)[C@]2(C)C(=O)[C@]1(C)C(c1ccccc1)=C2c1ccccc1. The first-order chi connectivity index (χ1) is 21.4. The predicted octanol–water partition coefficient (Wildman–Crippen LogP) is 7.17. The molecule has 3 aromatic rings. The number of sulfone groups is 1. The van der Waals surface area contributed by atoms with E-state index in [1.165, 1.54) is 12.1 Å². The van der Waals surface area contributed by atoms with Gasteiger partial charge in [0.05, 0.1) is 37.7 Å². The minimum Gasteiger partial charge on any atom is -0.424 e. The Morgan fingerprint density at radius 1 is 0.652 bits per heavy atom. The van der Waals surface area contributed by atoms with Crippen molar-refractivity contribution >= 4 is 38.7 Å². The second-order valence-electron chi connectivity index (χ2n) is 14.7. The summed E-state index contributed by atoms with van der Waals surface area (Å²) in [4.78, 5) is 42.3. The zero-order valence-corrected chi connectivity index (χ0v) is 28.5. The average molecular weight is 643 g/mol. The monoisotopic (exact) mass is 642 g/mol. The standard InChI is InChI=1S/C38H42O7S/c1-35(2,3)33(40)44-31(45-34(41)36(4,5)6)29-30(46(42,43)26-22-16-11-17-23-26)38(8)28(25-20-14-10-15-21-25)27(37(29,7)32(38)39)24-18-12-9-13-19-24/h9-23,29-31H,1-8H3/t29?,30?,37-,38-/m1/s1. The van der Waals surface area contributed by atoms with Crippen molar-refractivity contribution in [2.75, 3.05) is 0 Å². The summed E-state index contributed by atoms with van der Waals surface area (Å²) in [5.41, 5.74) is -2.53. The van der Waals surface area contributed by atoms with Gasteiger partial charge in [-0.2, -0.15) is 0 Å². The molecule has 0 radical (unpaired) electrons. The minimum absolute atomic E-state index is 0.0203. The second-order valence-corrected chi connectivity index (χ2v) is 16.8. The van der Waals surface area contributed by atoms with Crippen LogP contribution in [0.5, 0.6) is 0 Å². The van der Waals surface area contributed by atoms with E-state index in [0.29, 0.717) is 16.7 Å². The molecule has 1 saturated carbocycles. The Kier molecular flexibility index (Phi) is 8.21. The average Bonchev–Trinajstić information content (AvgIpc) is 3.30. The fourth-order valence-electron chi connectivity index (χ4n) is 7.05. The van der Waals surface area contributed by atoms with Crippen molar-refractivity contribution in [3.8, 4) is 0 Å². The van der Waals surface area contributed by atoms with E-state index in [2.05, 4.69) is 0 Å². The Bertz CT molecular complexity index is 1770. The molecular weight excluding hydrogens is 600 g/mol. The molecule has 4 atom stereocenters. The smallest absolute Gasteiger partial charge is 0.314 e. The van der Waals surface area contributed by atoms with E-state index in [9.17, 15) is 18.0 Å². The van der Waals surface area contributed by atoms with Gasteiger partial charge in [0, 0.05) is 0 Å². The Morgan fingerprint density at radius 2 is 1.02 bits per heavy atom. The first-order valence-electron chi connectivity index (χ1n) is 15.5. The quantitative estimate of drug-likeness (QED) is 0.199. The lowest BCUT2D eigenvalue weighted by atomic mass is 9.66. The van der Waals surface area contributed by atoms with Gasteiger partial charge in [0.15, 0.2) is 15.6 Å². The molecule has 3 aromatic carbocycles. The molecule has 0 N–H and O–H groups in total. The molecule has 1 fully saturated rings. The van der Waals surface area contributed by atoms with Gasteiger partial charge in [-0.15, -0.1) is 0 Å². The molecule has 0 saturated heterocycles. The van der Waals surface area contributed by atoms with E-state index in [-0.39, 0.29) is 10.7 Å². The second kappa shape index (κ2) is 11.3. The van der Waals surface area contributed by atoms with Crippen molar-refractivity contribution in [3.05, 3.63) is 102 Å².